The van der Waals surface area contributed by atoms with Crippen LogP contribution in [0.1, 0.15) is 5.56 Å². The number of nitrogens with one attached hydrogen (secondary N) is 4. The summed E-state index contributed by atoms with van der Waals surface area (Å²) in [4.78, 5) is 32.3. The summed E-state index contributed by atoms with van der Waals surface area (Å²) in [7, 11) is 0. The first-order valence-corrected chi connectivity index (χ1v) is 10.7. The molecule has 0 spiro atoms. The number of carbonyl (C=O) groups is 1. The molecule has 37 heavy (non-hydrogen) atoms. The Morgan fingerprint density at radius 1 is 0.892 bits per heavy atom. The van der Waals surface area contributed by atoms with Gasteiger partial charge in [-0.25, -0.2) is 29.1 Å². The van der Waals surface area contributed by atoms with Crippen molar-refractivity contribution in [2.24, 2.45) is 0 Å². The summed E-state index contributed by atoms with van der Waals surface area (Å²) in [5.41, 5.74) is 1.34. The van der Waals surface area contributed by atoms with Gasteiger partial charge in [-0.1, -0.05) is 6.07 Å². The lowest BCUT2D eigenvalue weighted by Gasteiger charge is -2.14. The summed E-state index contributed by atoms with van der Waals surface area (Å²) in [5, 5.41) is 7.65. The van der Waals surface area contributed by atoms with Gasteiger partial charge in [0.25, 0.3) is 0 Å². The van der Waals surface area contributed by atoms with Crippen molar-refractivity contribution in [1.82, 2.24) is 24.9 Å². The number of nitrogens with zero attached hydrogens (tertiary/aromatic N) is 4. The molecule has 3 heterocycles. The average Bonchev–Trinajstić information content (AvgIpc) is 3.35. The van der Waals surface area contributed by atoms with Gasteiger partial charge in [0.15, 0.2) is 5.65 Å². The van der Waals surface area contributed by atoms with Crippen LogP contribution in [0.4, 0.5) is 45.2 Å². The van der Waals surface area contributed by atoms with E-state index in [4.69, 9.17) is 0 Å². The first-order chi connectivity index (χ1) is 17.8. The minimum absolute atomic E-state index is 0.102. The molecule has 2 aromatic carbocycles. The van der Waals surface area contributed by atoms with Gasteiger partial charge in [0.2, 0.25) is 0 Å². The number of carbonyl (C=O) groups excluding carboxylic acids is 1. The van der Waals surface area contributed by atoms with E-state index in [1.165, 1.54) is 30.9 Å². The number of hydrogen-bond acceptors (Lipinski definition) is 6. The molecule has 0 bridgehead atoms. The van der Waals surface area contributed by atoms with Crippen LogP contribution < -0.4 is 16.0 Å². The van der Waals surface area contributed by atoms with Crippen molar-refractivity contribution in [1.29, 1.82) is 0 Å². The highest BCUT2D eigenvalue weighted by molar-refractivity contribution is 6.00. The molecule has 13 heteroatoms. The van der Waals surface area contributed by atoms with Gasteiger partial charge in [0, 0.05) is 23.1 Å². The van der Waals surface area contributed by atoms with E-state index in [9.17, 15) is 22.4 Å². The molecular formula is C24H16F4N8O. The quantitative estimate of drug-likeness (QED) is 0.218. The number of fused-ring (bicyclic) bond motifs is 1. The third-order valence-electron chi connectivity index (χ3n) is 5.21. The van der Waals surface area contributed by atoms with Crippen LogP contribution in [-0.4, -0.2) is 31.0 Å². The molecule has 2 amide bonds. The molecule has 5 rings (SSSR count). The Bertz CT molecular complexity index is 1600. The first kappa shape index (κ1) is 23.7. The van der Waals surface area contributed by atoms with E-state index in [0.29, 0.717) is 33.9 Å². The van der Waals surface area contributed by atoms with Gasteiger partial charge in [-0.3, -0.25) is 0 Å². The number of benzene rings is 2. The molecule has 0 aliphatic rings. The number of anilines is 4. The molecule has 3 aromatic heterocycles. The molecule has 0 saturated carbocycles. The largest absolute Gasteiger partial charge is 0.416 e. The van der Waals surface area contributed by atoms with Gasteiger partial charge in [0.05, 0.1) is 17.6 Å². The van der Waals surface area contributed by atoms with Crippen LogP contribution >= 0.6 is 0 Å². The fraction of sp³-hybridized carbons (Fsp3) is 0.0417. The zero-order valence-corrected chi connectivity index (χ0v) is 18.6. The summed E-state index contributed by atoms with van der Waals surface area (Å²) >= 11 is 0. The molecule has 5 aromatic rings. The number of urea groups is 1. The van der Waals surface area contributed by atoms with E-state index in [1.807, 2.05) is 0 Å². The second-order valence-electron chi connectivity index (χ2n) is 7.70. The van der Waals surface area contributed by atoms with Crippen molar-refractivity contribution in [3.8, 4) is 11.3 Å². The molecule has 0 unspecified atom stereocenters. The predicted octanol–water partition coefficient (Wildman–Crippen LogP) is 5.96. The van der Waals surface area contributed by atoms with Gasteiger partial charge < -0.3 is 20.9 Å². The minimum Gasteiger partial charge on any atom is -0.340 e. The third kappa shape index (κ3) is 5.15. The lowest BCUT2D eigenvalue weighted by Crippen LogP contribution is -2.20. The number of hydrogen-bond donors (Lipinski definition) is 4. The zero-order chi connectivity index (χ0) is 26.0. The Kier molecular flexibility index (Phi) is 6.09. The number of rotatable bonds is 5. The number of imidazole rings is 1. The Labute approximate surface area is 206 Å². The van der Waals surface area contributed by atoms with Crippen molar-refractivity contribution >= 4 is 40.1 Å². The maximum atomic E-state index is 14.4. The average molecular weight is 508 g/mol. The highest BCUT2D eigenvalue weighted by Gasteiger charge is 2.30. The van der Waals surface area contributed by atoms with Gasteiger partial charge in [-0.05, 0) is 48.5 Å². The van der Waals surface area contributed by atoms with E-state index in [-0.39, 0.29) is 11.4 Å². The summed E-state index contributed by atoms with van der Waals surface area (Å²) < 4.78 is 53.2. The maximum Gasteiger partial charge on any atom is 0.416 e. The van der Waals surface area contributed by atoms with E-state index >= 15 is 0 Å². The van der Waals surface area contributed by atoms with Crippen molar-refractivity contribution in [2.75, 3.05) is 16.0 Å². The van der Waals surface area contributed by atoms with Crippen LogP contribution in [-0.2, 0) is 6.18 Å². The molecule has 0 aliphatic heterocycles. The number of amides is 2. The SMILES string of the molecule is O=C(Nc1cccc(C(F)(F)F)c1)Nc1cc(Nc2ncccc2-c2ncnc3[nH]cnc23)ccc1F. The fourth-order valence-corrected chi connectivity index (χ4v) is 3.55. The lowest BCUT2D eigenvalue weighted by molar-refractivity contribution is -0.137. The van der Waals surface area contributed by atoms with E-state index in [2.05, 4.69) is 40.9 Å². The lowest BCUT2D eigenvalue weighted by atomic mass is 10.1. The number of H-pyrrole nitrogens is 1. The first-order valence-electron chi connectivity index (χ1n) is 10.7. The van der Waals surface area contributed by atoms with Crippen LogP contribution in [0.15, 0.2) is 73.4 Å². The molecule has 0 radical (unpaired) electrons. The minimum atomic E-state index is -4.57. The van der Waals surface area contributed by atoms with E-state index in [1.54, 1.807) is 18.3 Å². The second kappa shape index (κ2) is 9.53. The maximum absolute atomic E-state index is 14.4. The van der Waals surface area contributed by atoms with Crippen LogP contribution in [0.5, 0.6) is 0 Å². The smallest absolute Gasteiger partial charge is 0.340 e. The number of halogens is 4. The number of pyridine rings is 1. The third-order valence-corrected chi connectivity index (χ3v) is 5.21. The fourth-order valence-electron chi connectivity index (χ4n) is 3.55. The highest BCUT2D eigenvalue weighted by Crippen LogP contribution is 2.32. The molecule has 9 nitrogen and oxygen atoms in total. The summed E-state index contributed by atoms with van der Waals surface area (Å²) in [6, 6.07) is 10.6. The van der Waals surface area contributed by atoms with Crippen LogP contribution in [0.25, 0.3) is 22.4 Å². The van der Waals surface area contributed by atoms with E-state index in [0.717, 1.165) is 24.3 Å². The predicted molar refractivity (Wildman–Crippen MR) is 129 cm³/mol. The normalized spacial score (nSPS) is 11.4. The summed E-state index contributed by atoms with van der Waals surface area (Å²) in [6.45, 7) is 0. The Morgan fingerprint density at radius 2 is 1.76 bits per heavy atom. The van der Waals surface area contributed by atoms with Crippen LogP contribution in [0.2, 0.25) is 0 Å². The molecule has 4 N–H and O–H groups in total. The second-order valence-corrected chi connectivity index (χ2v) is 7.70. The van der Waals surface area contributed by atoms with Crippen LogP contribution in [0.3, 0.4) is 0 Å². The number of aromatic amines is 1. The van der Waals surface area contributed by atoms with Crippen molar-refractivity contribution in [2.45, 2.75) is 6.18 Å². The molecule has 0 atom stereocenters. The number of alkyl halides is 3. The Hall–Kier alpha value is -5.07. The van der Waals surface area contributed by atoms with Crippen molar-refractivity contribution in [3.05, 3.63) is 84.8 Å². The molecular weight excluding hydrogens is 492 g/mol. The van der Waals surface area contributed by atoms with Crippen molar-refractivity contribution in [3.63, 3.8) is 0 Å². The van der Waals surface area contributed by atoms with Gasteiger partial charge in [0.1, 0.15) is 29.2 Å². The van der Waals surface area contributed by atoms with E-state index < -0.39 is 23.6 Å². The highest BCUT2D eigenvalue weighted by atomic mass is 19.4. The van der Waals surface area contributed by atoms with Crippen LogP contribution in [0, 0.1) is 5.82 Å². The molecule has 186 valence electrons. The molecule has 0 fully saturated rings. The standard InChI is InChI=1S/C24H16F4N8O/c25-17-7-6-15(10-18(17)36-23(37)35-14-4-1-3-13(9-14)24(26,27)28)34-21-16(5-2-8-29-21)19-20-22(32-11-30-19)33-12-31-20/h1-12H,(H,29,34)(H2,35,36,37)(H,30,31,32,33). The van der Waals surface area contributed by atoms with Gasteiger partial charge in [-0.15, -0.1) is 0 Å². The summed E-state index contributed by atoms with van der Waals surface area (Å²) in [5.74, 6) is -0.364. The summed E-state index contributed by atoms with van der Waals surface area (Å²) in [6.07, 6.45) is -0.135. The number of aromatic nitrogens is 5. The molecule has 0 saturated heterocycles. The topological polar surface area (TPSA) is 121 Å². The monoisotopic (exact) mass is 508 g/mol. The van der Waals surface area contributed by atoms with Crippen molar-refractivity contribution < 1.29 is 22.4 Å². The van der Waals surface area contributed by atoms with Gasteiger partial charge in [-0.2, -0.15) is 13.2 Å². The Morgan fingerprint density at radius 3 is 2.59 bits per heavy atom. The zero-order valence-electron chi connectivity index (χ0n) is 18.6. The Balaban J connectivity index is 1.37. The molecule has 0 aliphatic carbocycles. The van der Waals surface area contributed by atoms with Gasteiger partial charge >= 0.3 is 12.2 Å².